The highest BCUT2D eigenvalue weighted by atomic mass is 19.1. The highest BCUT2D eigenvalue weighted by Crippen LogP contribution is 2.38. The van der Waals surface area contributed by atoms with Gasteiger partial charge in [0, 0.05) is 42.2 Å². The van der Waals surface area contributed by atoms with Crippen molar-refractivity contribution >= 4 is 22.5 Å². The second-order valence-corrected chi connectivity index (χ2v) is 8.03. The molecule has 0 bridgehead atoms. The Bertz CT molecular complexity index is 1450. The third-order valence-corrected chi connectivity index (χ3v) is 5.55. The van der Waals surface area contributed by atoms with Gasteiger partial charge in [0.2, 0.25) is 0 Å². The zero-order chi connectivity index (χ0) is 27.1. The fourth-order valence-electron chi connectivity index (χ4n) is 3.66. The Morgan fingerprint density at radius 1 is 0.921 bits per heavy atom. The van der Waals surface area contributed by atoms with E-state index in [4.69, 9.17) is 18.9 Å². The molecule has 0 aliphatic carbocycles. The van der Waals surface area contributed by atoms with Gasteiger partial charge in [0.15, 0.2) is 28.9 Å². The molecule has 2 aromatic heterocycles. The summed E-state index contributed by atoms with van der Waals surface area (Å²) in [6.07, 6.45) is 4.99. The molecular weight excluding hydrogens is 498 g/mol. The van der Waals surface area contributed by atoms with E-state index in [0.717, 1.165) is 25.1 Å². The number of ether oxygens (including phenoxy) is 4. The van der Waals surface area contributed by atoms with E-state index in [2.05, 4.69) is 20.6 Å². The lowest BCUT2D eigenvalue weighted by molar-refractivity contribution is 0.102. The number of pyridine rings is 2. The van der Waals surface area contributed by atoms with Crippen LogP contribution in [0.1, 0.15) is 16.8 Å². The second kappa shape index (κ2) is 12.2. The average molecular weight is 525 g/mol. The molecule has 0 unspecified atom stereocenters. The van der Waals surface area contributed by atoms with Gasteiger partial charge >= 0.3 is 0 Å². The number of methoxy groups -OCH3 is 2. The number of hydrogen-bond acceptors (Lipinski definition) is 8. The van der Waals surface area contributed by atoms with E-state index in [1.54, 1.807) is 12.1 Å². The van der Waals surface area contributed by atoms with Gasteiger partial charge in [-0.15, -0.1) is 0 Å². The van der Waals surface area contributed by atoms with Crippen LogP contribution in [-0.4, -0.2) is 50.3 Å². The number of aromatic nitrogens is 2. The Hall–Kier alpha value is -4.51. The molecule has 2 heterocycles. The fourth-order valence-corrected chi connectivity index (χ4v) is 3.66. The van der Waals surface area contributed by atoms with E-state index in [1.807, 2.05) is 7.05 Å². The third-order valence-electron chi connectivity index (χ3n) is 5.55. The van der Waals surface area contributed by atoms with Crippen molar-refractivity contribution in [3.63, 3.8) is 0 Å². The summed E-state index contributed by atoms with van der Waals surface area (Å²) >= 11 is 0. The Morgan fingerprint density at radius 3 is 2.47 bits per heavy atom. The first-order valence-electron chi connectivity index (χ1n) is 11.7. The van der Waals surface area contributed by atoms with Crippen molar-refractivity contribution in [1.29, 1.82) is 0 Å². The largest absolute Gasteiger partial charge is 0.496 e. The minimum Gasteiger partial charge on any atom is -0.496 e. The first kappa shape index (κ1) is 26.6. The van der Waals surface area contributed by atoms with Crippen LogP contribution in [0.25, 0.3) is 10.9 Å². The zero-order valence-corrected chi connectivity index (χ0v) is 21.0. The Morgan fingerprint density at radius 2 is 1.71 bits per heavy atom. The summed E-state index contributed by atoms with van der Waals surface area (Å²) in [5, 5.41) is 5.89. The minimum absolute atomic E-state index is 0.0673. The lowest BCUT2D eigenvalue weighted by Crippen LogP contribution is -2.15. The summed E-state index contributed by atoms with van der Waals surface area (Å²) in [7, 11) is 4.75. The van der Waals surface area contributed by atoms with E-state index < -0.39 is 17.5 Å². The molecule has 9 nitrogen and oxygen atoms in total. The van der Waals surface area contributed by atoms with E-state index in [-0.39, 0.29) is 28.5 Å². The Kier molecular flexibility index (Phi) is 8.49. The molecule has 198 valence electrons. The second-order valence-electron chi connectivity index (χ2n) is 8.03. The summed E-state index contributed by atoms with van der Waals surface area (Å²) in [6, 6.07) is 8.06. The van der Waals surface area contributed by atoms with E-state index >= 15 is 0 Å². The number of rotatable bonds is 11. The lowest BCUT2D eigenvalue weighted by atomic mass is 10.1. The van der Waals surface area contributed by atoms with Gasteiger partial charge in [-0.3, -0.25) is 14.8 Å². The number of hydrogen-bond donors (Lipinski definition) is 2. The molecule has 2 N–H and O–H groups in total. The fraction of sp³-hybridized carbons (Fsp3) is 0.222. The molecule has 2 aromatic carbocycles. The SMILES string of the molecule is CNCCCOc1cc2nccc(Oc3cc(F)c(NC(=O)c4cnccc4OC)cc3F)c2cc1OC. The van der Waals surface area contributed by atoms with Crippen LogP contribution in [0.15, 0.2) is 55.0 Å². The van der Waals surface area contributed by atoms with Crippen LogP contribution in [0.4, 0.5) is 14.5 Å². The molecule has 4 aromatic rings. The van der Waals surface area contributed by atoms with Gasteiger partial charge in [-0.2, -0.15) is 0 Å². The molecule has 0 atom stereocenters. The number of anilines is 1. The Balaban J connectivity index is 1.58. The number of fused-ring (bicyclic) bond motifs is 1. The molecule has 0 radical (unpaired) electrons. The van der Waals surface area contributed by atoms with Crippen molar-refractivity contribution in [2.45, 2.75) is 6.42 Å². The predicted octanol–water partition coefficient (Wildman–Crippen LogP) is 4.96. The molecule has 0 fully saturated rings. The summed E-state index contributed by atoms with van der Waals surface area (Å²) in [5.74, 6) is -1.46. The summed E-state index contributed by atoms with van der Waals surface area (Å²) in [4.78, 5) is 20.8. The van der Waals surface area contributed by atoms with Crippen LogP contribution in [0.2, 0.25) is 0 Å². The number of carbonyl (C=O) groups excluding carboxylic acids is 1. The number of nitrogens with one attached hydrogen (secondary N) is 2. The highest BCUT2D eigenvalue weighted by Gasteiger charge is 2.19. The average Bonchev–Trinajstić information content (AvgIpc) is 2.93. The van der Waals surface area contributed by atoms with Crippen LogP contribution in [0.3, 0.4) is 0 Å². The highest BCUT2D eigenvalue weighted by molar-refractivity contribution is 6.06. The number of halogens is 2. The molecular formula is C27H26F2N4O5. The molecule has 0 aliphatic heterocycles. The van der Waals surface area contributed by atoms with Crippen LogP contribution < -0.4 is 29.6 Å². The summed E-state index contributed by atoms with van der Waals surface area (Å²) in [6.45, 7) is 1.27. The van der Waals surface area contributed by atoms with E-state index in [0.29, 0.717) is 29.0 Å². The quantitative estimate of drug-likeness (QED) is 0.266. The first-order valence-corrected chi connectivity index (χ1v) is 11.7. The van der Waals surface area contributed by atoms with Gasteiger partial charge in [0.1, 0.15) is 11.5 Å². The molecule has 0 spiro atoms. The molecule has 11 heteroatoms. The smallest absolute Gasteiger partial charge is 0.261 e. The first-order chi connectivity index (χ1) is 18.4. The standard InChI is InChI=1S/C27H26F2N4O5/c1-30-7-4-10-37-26-14-20-16(11-25(26)36-3)23(6-9-32-20)38-24-13-18(28)21(12-19(24)29)33-27(34)17-15-31-8-5-22(17)35-2/h5-6,8-9,11-15,30H,4,7,10H2,1-3H3,(H,33,34). The van der Waals surface area contributed by atoms with Crippen molar-refractivity contribution in [1.82, 2.24) is 15.3 Å². The lowest BCUT2D eigenvalue weighted by Gasteiger charge is -2.15. The number of nitrogens with zero attached hydrogens (tertiary/aromatic N) is 2. The predicted molar refractivity (Wildman–Crippen MR) is 138 cm³/mol. The van der Waals surface area contributed by atoms with Crippen LogP contribution in [0.5, 0.6) is 28.7 Å². The van der Waals surface area contributed by atoms with E-state index in [1.165, 1.54) is 44.9 Å². The van der Waals surface area contributed by atoms with Crippen molar-refractivity contribution in [3.05, 3.63) is 72.2 Å². The molecule has 4 rings (SSSR count). The summed E-state index contributed by atoms with van der Waals surface area (Å²) < 4.78 is 52.0. The van der Waals surface area contributed by atoms with Crippen molar-refractivity contribution in [2.75, 3.05) is 39.7 Å². The van der Waals surface area contributed by atoms with Crippen molar-refractivity contribution < 1.29 is 32.5 Å². The maximum atomic E-state index is 15.0. The monoisotopic (exact) mass is 524 g/mol. The van der Waals surface area contributed by atoms with Crippen LogP contribution >= 0.6 is 0 Å². The van der Waals surface area contributed by atoms with Crippen molar-refractivity contribution in [2.24, 2.45) is 0 Å². The number of amides is 1. The van der Waals surface area contributed by atoms with Gasteiger partial charge in [0.25, 0.3) is 5.91 Å². The number of carbonyl (C=O) groups is 1. The van der Waals surface area contributed by atoms with Crippen LogP contribution in [0, 0.1) is 11.6 Å². The molecule has 0 saturated heterocycles. The Labute approximate surface area is 217 Å². The third kappa shape index (κ3) is 5.89. The van der Waals surface area contributed by atoms with Gasteiger partial charge in [-0.25, -0.2) is 8.78 Å². The van der Waals surface area contributed by atoms with Gasteiger partial charge < -0.3 is 29.6 Å². The van der Waals surface area contributed by atoms with E-state index in [9.17, 15) is 13.6 Å². The van der Waals surface area contributed by atoms with Gasteiger partial charge in [-0.05, 0) is 38.2 Å². The topological polar surface area (TPSA) is 104 Å². The van der Waals surface area contributed by atoms with Gasteiger partial charge in [0.05, 0.1) is 37.6 Å². The maximum absolute atomic E-state index is 15.0. The molecule has 1 amide bonds. The molecule has 0 aliphatic rings. The number of benzene rings is 2. The minimum atomic E-state index is -0.897. The van der Waals surface area contributed by atoms with Crippen LogP contribution in [-0.2, 0) is 0 Å². The summed E-state index contributed by atoms with van der Waals surface area (Å²) in [5.41, 5.74) is 0.215. The van der Waals surface area contributed by atoms with Crippen molar-refractivity contribution in [3.8, 4) is 28.7 Å². The normalized spacial score (nSPS) is 10.8. The zero-order valence-electron chi connectivity index (χ0n) is 21.0. The maximum Gasteiger partial charge on any atom is 0.261 e. The molecule has 0 saturated carbocycles. The molecule has 38 heavy (non-hydrogen) atoms. The van der Waals surface area contributed by atoms with Gasteiger partial charge in [-0.1, -0.05) is 0 Å².